The van der Waals surface area contributed by atoms with Gasteiger partial charge in [-0.15, -0.1) is 0 Å². The molecule has 6 nitrogen and oxygen atoms in total. The molecule has 1 aliphatic heterocycles. The van der Waals surface area contributed by atoms with E-state index in [1.54, 1.807) is 17.5 Å². The minimum Gasteiger partial charge on any atom is -0.294 e. The van der Waals surface area contributed by atoms with Crippen LogP contribution in [0.2, 0.25) is 0 Å². The van der Waals surface area contributed by atoms with E-state index in [-0.39, 0.29) is 17.2 Å². The molecule has 146 valence electrons. The molecule has 0 amide bonds. The number of hydrogen-bond acceptors (Lipinski definition) is 6. The fourth-order valence-corrected chi connectivity index (χ4v) is 4.95. The first-order valence-electron chi connectivity index (χ1n) is 9.68. The van der Waals surface area contributed by atoms with Crippen LogP contribution in [0.15, 0.2) is 60.1 Å². The number of thiazole rings is 1. The molecule has 2 aromatic heterocycles. The zero-order valence-electron chi connectivity index (χ0n) is 16.3. The van der Waals surface area contributed by atoms with Gasteiger partial charge < -0.3 is 0 Å². The summed E-state index contributed by atoms with van der Waals surface area (Å²) in [6.07, 6.45) is 4.93. The number of rotatable bonds is 2. The van der Waals surface area contributed by atoms with Crippen LogP contribution in [-0.4, -0.2) is 21.7 Å². The van der Waals surface area contributed by atoms with Crippen LogP contribution in [0.3, 0.4) is 0 Å². The molecule has 3 heterocycles. The standard InChI is InChI=1S/C22H21N5OS/c1-22(2)10-15-18(16(28)11-22)19(13-6-5-9-23-12-13)26-20(24-15)27-21-25-14-7-3-4-8-17(14)29-21/h3-9,12,19H,10-11H2,1-2H3,(H2,24,25,26,27)/p+1/t19-/m0/s1. The number of pyridine rings is 1. The van der Waals surface area contributed by atoms with Gasteiger partial charge in [0.2, 0.25) is 0 Å². The Kier molecular flexibility index (Phi) is 4.20. The van der Waals surface area contributed by atoms with E-state index in [1.165, 1.54) is 0 Å². The van der Waals surface area contributed by atoms with Gasteiger partial charge in [0.05, 0.1) is 21.5 Å². The van der Waals surface area contributed by atoms with E-state index >= 15 is 0 Å². The maximum atomic E-state index is 13.0. The Hall–Kier alpha value is -3.06. The third-order valence-electron chi connectivity index (χ3n) is 5.32. The maximum Gasteiger partial charge on any atom is 0.355 e. The van der Waals surface area contributed by atoms with Crippen LogP contribution in [0.5, 0.6) is 0 Å². The van der Waals surface area contributed by atoms with Crippen LogP contribution in [0.4, 0.5) is 5.13 Å². The van der Waals surface area contributed by atoms with E-state index < -0.39 is 0 Å². The van der Waals surface area contributed by atoms with Gasteiger partial charge in [0.1, 0.15) is 6.04 Å². The molecule has 0 saturated carbocycles. The molecule has 1 atom stereocenters. The molecule has 0 bridgehead atoms. The van der Waals surface area contributed by atoms with Gasteiger partial charge in [-0.25, -0.2) is 15.6 Å². The smallest absolute Gasteiger partial charge is 0.294 e. The number of Topliss-reactive ketones (excluding diaryl/α,β-unsaturated/α-hetero) is 1. The third kappa shape index (κ3) is 3.42. The largest absolute Gasteiger partial charge is 0.355 e. The fraction of sp³-hybridized carbons (Fsp3) is 0.273. The molecule has 0 spiro atoms. The van der Waals surface area contributed by atoms with Crippen LogP contribution in [0, 0.1) is 5.41 Å². The van der Waals surface area contributed by atoms with Crippen molar-refractivity contribution in [3.8, 4) is 0 Å². The molecular weight excluding hydrogens is 382 g/mol. The highest BCUT2D eigenvalue weighted by Gasteiger charge is 2.42. The molecule has 3 N–H and O–H groups in total. The lowest BCUT2D eigenvalue weighted by Gasteiger charge is -2.34. The van der Waals surface area contributed by atoms with E-state index in [1.807, 2.05) is 36.5 Å². The van der Waals surface area contributed by atoms with Crippen LogP contribution >= 0.6 is 11.3 Å². The normalized spacial score (nSPS) is 20.8. The summed E-state index contributed by atoms with van der Waals surface area (Å²) in [4.78, 5) is 25.4. The van der Waals surface area contributed by atoms with Gasteiger partial charge in [-0.05, 0) is 23.6 Å². The summed E-state index contributed by atoms with van der Waals surface area (Å²) in [5.74, 6) is 0.922. The molecular formula is C22H22N5OS+. The number of allylic oxidation sites excluding steroid dienone is 1. The Morgan fingerprint density at radius 3 is 2.86 bits per heavy atom. The summed E-state index contributed by atoms with van der Waals surface area (Å²) in [7, 11) is 0. The molecule has 0 fully saturated rings. The Balaban J connectivity index is 1.54. The number of fused-ring (bicyclic) bond motifs is 1. The van der Waals surface area contributed by atoms with E-state index in [4.69, 9.17) is 0 Å². The van der Waals surface area contributed by atoms with Gasteiger partial charge in [0.25, 0.3) is 5.13 Å². The Labute approximate surface area is 172 Å². The summed E-state index contributed by atoms with van der Waals surface area (Å²) in [5.41, 5.74) is 3.66. The number of anilines is 1. The van der Waals surface area contributed by atoms with Crippen molar-refractivity contribution < 1.29 is 9.79 Å². The van der Waals surface area contributed by atoms with Gasteiger partial charge in [-0.2, -0.15) is 0 Å². The van der Waals surface area contributed by atoms with E-state index in [0.717, 1.165) is 44.6 Å². The molecule has 5 rings (SSSR count). The molecule has 1 aromatic carbocycles. The van der Waals surface area contributed by atoms with Crippen molar-refractivity contribution >= 4 is 38.4 Å². The van der Waals surface area contributed by atoms with Crippen LogP contribution in [0.25, 0.3) is 10.2 Å². The second-order valence-corrected chi connectivity index (χ2v) is 9.34. The van der Waals surface area contributed by atoms with Crippen molar-refractivity contribution in [1.29, 1.82) is 0 Å². The van der Waals surface area contributed by atoms with E-state index in [2.05, 4.69) is 45.5 Å². The summed E-state index contributed by atoms with van der Waals surface area (Å²) in [6.45, 7) is 4.27. The number of para-hydroxylation sites is 1. The number of nitrogens with one attached hydrogen (secondary N) is 3. The lowest BCUT2D eigenvalue weighted by molar-refractivity contribution is -0.502. The summed E-state index contributed by atoms with van der Waals surface area (Å²) >= 11 is 1.60. The molecule has 0 saturated heterocycles. The summed E-state index contributed by atoms with van der Waals surface area (Å²) in [6, 6.07) is 11.7. The first kappa shape index (κ1) is 18.0. The minimum absolute atomic E-state index is 0.0687. The highest BCUT2D eigenvalue weighted by atomic mass is 32.1. The fourth-order valence-electron chi connectivity index (χ4n) is 4.08. The van der Waals surface area contributed by atoms with E-state index in [9.17, 15) is 4.79 Å². The Morgan fingerprint density at radius 2 is 2.07 bits per heavy atom. The lowest BCUT2D eigenvalue weighted by atomic mass is 9.73. The highest BCUT2D eigenvalue weighted by molar-refractivity contribution is 7.22. The van der Waals surface area contributed by atoms with Gasteiger partial charge in [0, 0.05) is 30.8 Å². The SMILES string of the molecule is CC1(C)CC(=O)C2=C(C1)NC(Nc1nc3ccccc3s1)=[NH+][C@H]2c1cccnc1. The molecule has 0 unspecified atom stereocenters. The molecule has 29 heavy (non-hydrogen) atoms. The monoisotopic (exact) mass is 404 g/mol. The number of carbonyl (C=O) groups excluding carboxylic acids is 1. The predicted octanol–water partition coefficient (Wildman–Crippen LogP) is 2.53. The molecule has 1 aliphatic carbocycles. The first-order chi connectivity index (χ1) is 14.0. The van der Waals surface area contributed by atoms with Crippen LogP contribution in [0.1, 0.15) is 38.3 Å². The molecule has 7 heteroatoms. The quantitative estimate of drug-likeness (QED) is 0.612. The average Bonchev–Trinajstić information content (AvgIpc) is 3.09. The number of carbonyl (C=O) groups is 1. The van der Waals surface area contributed by atoms with Crippen molar-refractivity contribution in [2.75, 3.05) is 5.32 Å². The van der Waals surface area contributed by atoms with Crippen LogP contribution < -0.4 is 15.6 Å². The Morgan fingerprint density at radius 1 is 1.21 bits per heavy atom. The van der Waals surface area contributed by atoms with Crippen molar-refractivity contribution in [2.45, 2.75) is 32.7 Å². The zero-order chi connectivity index (χ0) is 20.0. The second-order valence-electron chi connectivity index (χ2n) is 8.31. The number of aromatic nitrogens is 2. The van der Waals surface area contributed by atoms with Gasteiger partial charge >= 0.3 is 5.96 Å². The first-order valence-corrected chi connectivity index (χ1v) is 10.5. The minimum atomic E-state index is -0.236. The maximum absolute atomic E-state index is 13.0. The molecule has 0 radical (unpaired) electrons. The van der Waals surface area contributed by atoms with Crippen molar-refractivity contribution in [3.05, 3.63) is 65.6 Å². The zero-order valence-corrected chi connectivity index (χ0v) is 17.1. The summed E-state index contributed by atoms with van der Waals surface area (Å²) in [5, 5.41) is 7.62. The van der Waals surface area contributed by atoms with Gasteiger partial charge in [0.15, 0.2) is 5.78 Å². The predicted molar refractivity (Wildman–Crippen MR) is 114 cm³/mol. The number of benzene rings is 1. The van der Waals surface area contributed by atoms with Crippen LogP contribution in [-0.2, 0) is 4.79 Å². The van der Waals surface area contributed by atoms with Gasteiger partial charge in [-0.1, -0.05) is 43.4 Å². The van der Waals surface area contributed by atoms with Crippen molar-refractivity contribution in [1.82, 2.24) is 15.3 Å². The van der Waals surface area contributed by atoms with Gasteiger partial charge in [-0.3, -0.25) is 14.8 Å². The average molecular weight is 405 g/mol. The highest BCUT2D eigenvalue weighted by Crippen LogP contribution is 2.39. The molecule has 2 aliphatic rings. The number of guanidine groups is 1. The van der Waals surface area contributed by atoms with Crippen molar-refractivity contribution in [3.63, 3.8) is 0 Å². The topological polar surface area (TPSA) is 80.9 Å². The lowest BCUT2D eigenvalue weighted by Crippen LogP contribution is -2.82. The second kappa shape index (κ2) is 6.77. The number of ketones is 1. The summed E-state index contributed by atoms with van der Waals surface area (Å²) < 4.78 is 1.13. The number of nitrogens with zero attached hydrogens (tertiary/aromatic N) is 2. The van der Waals surface area contributed by atoms with E-state index in [0.29, 0.717) is 6.42 Å². The molecule has 3 aromatic rings. The Bertz CT molecular complexity index is 1130. The number of hydrogen-bond donors (Lipinski definition) is 3. The third-order valence-corrected chi connectivity index (χ3v) is 6.27. The van der Waals surface area contributed by atoms with Crippen molar-refractivity contribution in [2.24, 2.45) is 5.41 Å².